The number of rotatable bonds is 4. The third-order valence-electron chi connectivity index (χ3n) is 4.94. The molecular weight excluding hydrogens is 394 g/mol. The molecule has 2 amide bonds. The molecule has 0 radical (unpaired) electrons. The summed E-state index contributed by atoms with van der Waals surface area (Å²) in [5.41, 5.74) is 1.40. The first-order valence-corrected chi connectivity index (χ1v) is 10.9. The fourth-order valence-electron chi connectivity index (χ4n) is 3.39. The monoisotopic (exact) mass is 415 g/mol. The van der Waals surface area contributed by atoms with Gasteiger partial charge in [0.2, 0.25) is 10.0 Å². The SMILES string of the molecule is O=C1COc2cc(NC(=O)c3ccc(S(=O)(=O)N4CCCCC4)cc3)ccc2N1. The second-order valence-electron chi connectivity index (χ2n) is 6.99. The number of hydrogen-bond acceptors (Lipinski definition) is 5. The van der Waals surface area contributed by atoms with Gasteiger partial charge in [0.15, 0.2) is 6.61 Å². The van der Waals surface area contributed by atoms with Crippen LogP contribution in [0.5, 0.6) is 5.75 Å². The van der Waals surface area contributed by atoms with Crippen molar-refractivity contribution in [3.8, 4) is 5.75 Å². The third-order valence-corrected chi connectivity index (χ3v) is 6.85. The van der Waals surface area contributed by atoms with Crippen LogP contribution in [-0.2, 0) is 14.8 Å². The first-order valence-electron chi connectivity index (χ1n) is 9.42. The maximum atomic E-state index is 12.7. The van der Waals surface area contributed by atoms with Gasteiger partial charge in [0.05, 0.1) is 10.6 Å². The van der Waals surface area contributed by atoms with Crippen molar-refractivity contribution in [1.82, 2.24) is 4.31 Å². The number of nitrogens with zero attached hydrogens (tertiary/aromatic N) is 1. The Morgan fingerprint density at radius 2 is 1.76 bits per heavy atom. The zero-order chi connectivity index (χ0) is 20.4. The van der Waals surface area contributed by atoms with Crippen LogP contribution in [-0.4, -0.2) is 44.2 Å². The summed E-state index contributed by atoms with van der Waals surface area (Å²) in [4.78, 5) is 24.0. The van der Waals surface area contributed by atoms with Crippen molar-refractivity contribution in [3.05, 3.63) is 48.0 Å². The predicted molar refractivity (Wildman–Crippen MR) is 108 cm³/mol. The highest BCUT2D eigenvalue weighted by molar-refractivity contribution is 7.89. The molecule has 0 bridgehead atoms. The Hall–Kier alpha value is -2.91. The number of carbonyl (C=O) groups is 2. The molecule has 2 aromatic carbocycles. The van der Waals surface area contributed by atoms with Crippen LogP contribution in [0, 0.1) is 0 Å². The largest absolute Gasteiger partial charge is 0.482 e. The standard InChI is InChI=1S/C20H21N3O5S/c24-19-13-28-18-12-15(6-9-17(18)22-19)21-20(25)14-4-7-16(8-5-14)29(26,27)23-10-2-1-3-11-23/h4-9,12H,1-3,10-11,13H2,(H,21,25)(H,22,24). The normalized spacial score (nSPS) is 17.0. The summed E-state index contributed by atoms with van der Waals surface area (Å²) in [5.74, 6) is -0.119. The van der Waals surface area contributed by atoms with Crippen molar-refractivity contribution in [2.75, 3.05) is 30.3 Å². The minimum atomic E-state index is -3.53. The molecule has 2 aromatic rings. The first-order chi connectivity index (χ1) is 13.9. The first kappa shape index (κ1) is 19.4. The van der Waals surface area contributed by atoms with Crippen LogP contribution >= 0.6 is 0 Å². The van der Waals surface area contributed by atoms with Gasteiger partial charge in [-0.15, -0.1) is 0 Å². The zero-order valence-corrected chi connectivity index (χ0v) is 16.5. The van der Waals surface area contributed by atoms with E-state index in [0.29, 0.717) is 35.8 Å². The molecule has 2 aliphatic heterocycles. The minimum absolute atomic E-state index is 0.0721. The molecule has 2 heterocycles. The van der Waals surface area contributed by atoms with E-state index in [1.807, 2.05) is 0 Å². The van der Waals surface area contributed by atoms with Gasteiger partial charge in [0, 0.05) is 30.4 Å². The molecule has 8 nitrogen and oxygen atoms in total. The maximum Gasteiger partial charge on any atom is 0.262 e. The molecule has 1 fully saturated rings. The number of amides is 2. The number of piperidine rings is 1. The van der Waals surface area contributed by atoms with Gasteiger partial charge in [-0.2, -0.15) is 4.31 Å². The molecule has 0 saturated carbocycles. The Morgan fingerprint density at radius 1 is 1.03 bits per heavy atom. The molecule has 2 N–H and O–H groups in total. The molecule has 1 saturated heterocycles. The quantitative estimate of drug-likeness (QED) is 0.798. The Bertz CT molecular complexity index is 1040. The smallest absolute Gasteiger partial charge is 0.262 e. The molecule has 0 unspecified atom stereocenters. The Morgan fingerprint density at radius 3 is 2.48 bits per heavy atom. The average Bonchev–Trinajstić information content (AvgIpc) is 2.74. The summed E-state index contributed by atoms with van der Waals surface area (Å²) in [6.45, 7) is 0.994. The van der Waals surface area contributed by atoms with E-state index in [0.717, 1.165) is 19.3 Å². The van der Waals surface area contributed by atoms with Crippen molar-refractivity contribution in [2.45, 2.75) is 24.2 Å². The van der Waals surface area contributed by atoms with Gasteiger partial charge in [-0.25, -0.2) is 8.42 Å². The van der Waals surface area contributed by atoms with Gasteiger partial charge in [-0.3, -0.25) is 9.59 Å². The van der Waals surface area contributed by atoms with Crippen molar-refractivity contribution < 1.29 is 22.7 Å². The highest BCUT2D eigenvalue weighted by atomic mass is 32.2. The van der Waals surface area contributed by atoms with Gasteiger partial charge in [-0.05, 0) is 49.2 Å². The summed E-state index contributed by atoms with van der Waals surface area (Å²) in [6.07, 6.45) is 2.78. The van der Waals surface area contributed by atoms with Crippen LogP contribution in [0.4, 0.5) is 11.4 Å². The fraction of sp³-hybridized carbons (Fsp3) is 0.300. The van der Waals surface area contributed by atoms with E-state index >= 15 is 0 Å². The summed E-state index contributed by atoms with van der Waals surface area (Å²) >= 11 is 0. The number of benzene rings is 2. The minimum Gasteiger partial charge on any atom is -0.482 e. The van der Waals surface area contributed by atoms with Crippen LogP contribution in [0.15, 0.2) is 47.4 Å². The van der Waals surface area contributed by atoms with Crippen molar-refractivity contribution in [3.63, 3.8) is 0 Å². The van der Waals surface area contributed by atoms with Gasteiger partial charge < -0.3 is 15.4 Å². The number of fused-ring (bicyclic) bond motifs is 1. The van der Waals surface area contributed by atoms with Gasteiger partial charge in [-0.1, -0.05) is 6.42 Å². The van der Waals surface area contributed by atoms with E-state index in [1.54, 1.807) is 18.2 Å². The number of hydrogen-bond donors (Lipinski definition) is 2. The Balaban J connectivity index is 1.46. The summed E-state index contributed by atoms with van der Waals surface area (Å²) in [6, 6.07) is 10.9. The molecule has 0 aromatic heterocycles. The van der Waals surface area contributed by atoms with Crippen LogP contribution < -0.4 is 15.4 Å². The van der Waals surface area contributed by atoms with E-state index in [9.17, 15) is 18.0 Å². The fourth-order valence-corrected chi connectivity index (χ4v) is 4.91. The van der Waals surface area contributed by atoms with Crippen molar-refractivity contribution in [1.29, 1.82) is 0 Å². The zero-order valence-electron chi connectivity index (χ0n) is 15.7. The van der Waals surface area contributed by atoms with Gasteiger partial charge in [0.25, 0.3) is 11.8 Å². The summed E-state index contributed by atoms with van der Waals surface area (Å²) < 4.78 is 32.2. The topological polar surface area (TPSA) is 105 Å². The predicted octanol–water partition coefficient (Wildman–Crippen LogP) is 2.44. The van der Waals surface area contributed by atoms with Crippen LogP contribution in [0.3, 0.4) is 0 Å². The number of sulfonamides is 1. The summed E-state index contributed by atoms with van der Waals surface area (Å²) in [5, 5.41) is 5.43. The lowest BCUT2D eigenvalue weighted by atomic mass is 10.2. The van der Waals surface area contributed by atoms with Crippen LogP contribution in [0.2, 0.25) is 0 Å². The average molecular weight is 415 g/mol. The molecule has 0 aliphatic carbocycles. The van der Waals surface area contributed by atoms with E-state index in [4.69, 9.17) is 4.74 Å². The van der Waals surface area contributed by atoms with Gasteiger partial charge >= 0.3 is 0 Å². The highest BCUT2D eigenvalue weighted by Gasteiger charge is 2.26. The number of carbonyl (C=O) groups excluding carboxylic acids is 2. The van der Waals surface area contributed by atoms with Gasteiger partial charge in [0.1, 0.15) is 5.75 Å². The second kappa shape index (κ2) is 7.84. The van der Waals surface area contributed by atoms with E-state index < -0.39 is 10.0 Å². The Kier molecular flexibility index (Phi) is 5.25. The number of anilines is 2. The molecule has 152 valence electrons. The number of nitrogens with one attached hydrogen (secondary N) is 2. The summed E-state index contributed by atoms with van der Waals surface area (Å²) in [7, 11) is -3.53. The maximum absolute atomic E-state index is 12.7. The molecule has 29 heavy (non-hydrogen) atoms. The molecular formula is C20H21N3O5S. The molecule has 0 atom stereocenters. The molecule has 4 rings (SSSR count). The van der Waals surface area contributed by atoms with Crippen molar-refractivity contribution in [2.24, 2.45) is 0 Å². The second-order valence-corrected chi connectivity index (χ2v) is 8.93. The number of ether oxygens (including phenoxy) is 1. The lowest BCUT2D eigenvalue weighted by Gasteiger charge is -2.25. The highest BCUT2D eigenvalue weighted by Crippen LogP contribution is 2.30. The van der Waals surface area contributed by atoms with Crippen LogP contribution in [0.25, 0.3) is 0 Å². The Labute approximate surface area is 168 Å². The molecule has 9 heteroatoms. The van der Waals surface area contributed by atoms with E-state index in [2.05, 4.69) is 10.6 Å². The third kappa shape index (κ3) is 4.10. The van der Waals surface area contributed by atoms with E-state index in [1.165, 1.54) is 28.6 Å². The molecule has 0 spiro atoms. The molecule has 2 aliphatic rings. The van der Waals surface area contributed by atoms with E-state index in [-0.39, 0.29) is 23.3 Å². The van der Waals surface area contributed by atoms with Crippen molar-refractivity contribution >= 4 is 33.2 Å². The lowest BCUT2D eigenvalue weighted by molar-refractivity contribution is -0.118. The lowest BCUT2D eigenvalue weighted by Crippen LogP contribution is -2.35. The van der Waals surface area contributed by atoms with Crippen LogP contribution in [0.1, 0.15) is 29.6 Å².